The molecule has 0 saturated heterocycles. The van der Waals surface area contributed by atoms with Crippen LogP contribution in [0.25, 0.3) is 0 Å². The Kier molecular flexibility index (Phi) is 3.05. The lowest BCUT2D eigenvalue weighted by molar-refractivity contribution is 0.0734. The van der Waals surface area contributed by atoms with E-state index in [0.29, 0.717) is 11.3 Å². The summed E-state index contributed by atoms with van der Waals surface area (Å²) in [5, 5.41) is 3.90. The lowest BCUT2D eigenvalue weighted by Crippen LogP contribution is -2.07. The molecule has 1 heterocycles. The minimum atomic E-state index is -0.411. The van der Waals surface area contributed by atoms with Crippen molar-refractivity contribution in [3.05, 3.63) is 46.7 Å². The maximum Gasteiger partial charge on any atom is 0.346 e. The van der Waals surface area contributed by atoms with Crippen molar-refractivity contribution in [3.63, 3.8) is 0 Å². The molecule has 0 unspecified atom stereocenters. The van der Waals surface area contributed by atoms with E-state index in [-0.39, 0.29) is 0 Å². The van der Waals surface area contributed by atoms with Crippen LogP contribution in [0.2, 0.25) is 0 Å². The van der Waals surface area contributed by atoms with E-state index in [1.54, 1.807) is 36.1 Å². The summed E-state index contributed by atoms with van der Waals surface area (Å²) in [7, 11) is 1.75. The third kappa shape index (κ3) is 2.49. The molecule has 4 nitrogen and oxygen atoms in total. The van der Waals surface area contributed by atoms with Crippen molar-refractivity contribution >= 4 is 21.9 Å². The minimum absolute atomic E-state index is 0.411. The van der Waals surface area contributed by atoms with Gasteiger partial charge in [0.05, 0.1) is 11.8 Å². The summed E-state index contributed by atoms with van der Waals surface area (Å²) >= 11 is 3.30. The van der Waals surface area contributed by atoms with E-state index in [1.807, 2.05) is 6.07 Å². The van der Waals surface area contributed by atoms with Gasteiger partial charge in [0.2, 0.25) is 0 Å². The third-order valence-electron chi connectivity index (χ3n) is 1.95. The summed E-state index contributed by atoms with van der Waals surface area (Å²) in [6, 6.07) is 7.12. The smallest absolute Gasteiger partial charge is 0.346 e. The van der Waals surface area contributed by atoms with Crippen LogP contribution in [0, 0.1) is 0 Å². The Hall–Kier alpha value is -1.62. The van der Waals surface area contributed by atoms with Gasteiger partial charge in [-0.25, -0.2) is 4.79 Å². The van der Waals surface area contributed by atoms with Gasteiger partial charge in [0.15, 0.2) is 0 Å². The number of hydrogen-bond donors (Lipinski definition) is 0. The van der Waals surface area contributed by atoms with Gasteiger partial charge in [-0.3, -0.25) is 4.68 Å². The first-order chi connectivity index (χ1) is 7.65. The second-order valence-electron chi connectivity index (χ2n) is 3.25. The van der Waals surface area contributed by atoms with Crippen LogP contribution in [0.1, 0.15) is 10.4 Å². The van der Waals surface area contributed by atoms with Crippen molar-refractivity contribution in [1.29, 1.82) is 0 Å². The topological polar surface area (TPSA) is 44.1 Å². The predicted molar refractivity (Wildman–Crippen MR) is 62.3 cm³/mol. The van der Waals surface area contributed by atoms with Crippen molar-refractivity contribution in [2.24, 2.45) is 7.05 Å². The maximum atomic E-state index is 11.6. The molecule has 0 saturated carbocycles. The number of carbonyl (C=O) groups is 1. The number of nitrogens with zero attached hydrogens (tertiary/aromatic N) is 2. The van der Waals surface area contributed by atoms with Crippen LogP contribution in [0.3, 0.4) is 0 Å². The van der Waals surface area contributed by atoms with Gasteiger partial charge in [0.25, 0.3) is 0 Å². The number of hydrogen-bond acceptors (Lipinski definition) is 3. The Bertz CT molecular complexity index is 522. The highest BCUT2D eigenvalue weighted by atomic mass is 79.9. The second kappa shape index (κ2) is 4.49. The number of aryl methyl sites for hydroxylation is 1. The number of halogens is 1. The fraction of sp³-hybridized carbons (Fsp3) is 0.0909. The molecule has 0 radical (unpaired) electrons. The van der Waals surface area contributed by atoms with E-state index in [9.17, 15) is 4.79 Å². The zero-order valence-electron chi connectivity index (χ0n) is 8.55. The SMILES string of the molecule is Cn1cc(C(=O)Oc2cccc(Br)c2)cn1. The van der Waals surface area contributed by atoms with Crippen LogP contribution >= 0.6 is 15.9 Å². The van der Waals surface area contributed by atoms with Gasteiger partial charge >= 0.3 is 5.97 Å². The lowest BCUT2D eigenvalue weighted by Gasteiger charge is -2.02. The van der Waals surface area contributed by atoms with Crippen LogP contribution in [0.15, 0.2) is 41.1 Å². The minimum Gasteiger partial charge on any atom is -0.423 e. The van der Waals surface area contributed by atoms with Crippen molar-refractivity contribution in [2.45, 2.75) is 0 Å². The molecule has 0 bridgehead atoms. The highest BCUT2D eigenvalue weighted by molar-refractivity contribution is 9.10. The van der Waals surface area contributed by atoms with E-state index < -0.39 is 5.97 Å². The van der Waals surface area contributed by atoms with E-state index in [1.165, 1.54) is 6.20 Å². The Balaban J connectivity index is 2.13. The molecule has 0 amide bonds. The Morgan fingerprint density at radius 3 is 2.94 bits per heavy atom. The predicted octanol–water partition coefficient (Wildman–Crippen LogP) is 2.40. The van der Waals surface area contributed by atoms with Crippen LogP contribution < -0.4 is 4.74 Å². The number of aromatic nitrogens is 2. The molecule has 16 heavy (non-hydrogen) atoms. The van der Waals surface area contributed by atoms with Crippen molar-refractivity contribution in [1.82, 2.24) is 9.78 Å². The zero-order valence-corrected chi connectivity index (χ0v) is 10.1. The maximum absolute atomic E-state index is 11.6. The summed E-state index contributed by atoms with van der Waals surface area (Å²) in [4.78, 5) is 11.6. The first kappa shape index (κ1) is 10.9. The summed E-state index contributed by atoms with van der Waals surface area (Å²) in [6.07, 6.45) is 3.08. The summed E-state index contributed by atoms with van der Waals surface area (Å²) in [5.41, 5.74) is 0.433. The molecule has 2 aromatic rings. The van der Waals surface area contributed by atoms with Gasteiger partial charge in [-0.1, -0.05) is 22.0 Å². The van der Waals surface area contributed by atoms with Crippen LogP contribution in [-0.4, -0.2) is 15.7 Å². The fourth-order valence-electron chi connectivity index (χ4n) is 1.22. The molecule has 0 aliphatic heterocycles. The van der Waals surface area contributed by atoms with Crippen LogP contribution in [0.4, 0.5) is 0 Å². The van der Waals surface area contributed by atoms with Gasteiger partial charge in [-0.05, 0) is 18.2 Å². The Morgan fingerprint density at radius 1 is 1.50 bits per heavy atom. The number of esters is 1. The lowest BCUT2D eigenvalue weighted by atomic mass is 10.3. The molecule has 0 N–H and O–H groups in total. The molecule has 1 aromatic carbocycles. The largest absolute Gasteiger partial charge is 0.423 e. The molecule has 0 aliphatic carbocycles. The Labute approximate surface area is 101 Å². The van der Waals surface area contributed by atoms with E-state index >= 15 is 0 Å². The summed E-state index contributed by atoms with van der Waals surface area (Å²) in [6.45, 7) is 0. The van der Waals surface area contributed by atoms with Crippen molar-refractivity contribution < 1.29 is 9.53 Å². The monoisotopic (exact) mass is 280 g/mol. The molecular weight excluding hydrogens is 272 g/mol. The molecule has 2 rings (SSSR count). The first-order valence-electron chi connectivity index (χ1n) is 4.61. The fourth-order valence-corrected chi connectivity index (χ4v) is 1.60. The molecule has 5 heteroatoms. The van der Waals surface area contributed by atoms with Gasteiger partial charge in [-0.2, -0.15) is 5.10 Å². The van der Waals surface area contributed by atoms with Crippen molar-refractivity contribution in [2.75, 3.05) is 0 Å². The zero-order chi connectivity index (χ0) is 11.5. The average Bonchev–Trinajstić information content (AvgIpc) is 2.65. The van der Waals surface area contributed by atoms with Crippen LogP contribution in [0.5, 0.6) is 5.75 Å². The highest BCUT2D eigenvalue weighted by Crippen LogP contribution is 2.18. The highest BCUT2D eigenvalue weighted by Gasteiger charge is 2.10. The molecular formula is C11H9BrN2O2. The third-order valence-corrected chi connectivity index (χ3v) is 2.44. The van der Waals surface area contributed by atoms with Gasteiger partial charge < -0.3 is 4.74 Å². The van der Waals surface area contributed by atoms with Gasteiger partial charge in [0.1, 0.15) is 5.75 Å². The van der Waals surface area contributed by atoms with E-state index in [0.717, 1.165) is 4.47 Å². The normalized spacial score (nSPS) is 10.1. The molecule has 1 aromatic heterocycles. The first-order valence-corrected chi connectivity index (χ1v) is 5.41. The quantitative estimate of drug-likeness (QED) is 0.627. The van der Waals surface area contributed by atoms with E-state index in [2.05, 4.69) is 21.0 Å². The molecule has 0 aliphatic rings. The summed E-state index contributed by atoms with van der Waals surface area (Å²) < 4.78 is 7.59. The standard InChI is InChI=1S/C11H9BrN2O2/c1-14-7-8(6-13-14)11(15)16-10-4-2-3-9(12)5-10/h2-7H,1H3. The number of carbonyl (C=O) groups excluding carboxylic acids is 1. The van der Waals surface area contributed by atoms with Crippen molar-refractivity contribution in [3.8, 4) is 5.75 Å². The second-order valence-corrected chi connectivity index (χ2v) is 4.17. The molecule has 0 atom stereocenters. The Morgan fingerprint density at radius 2 is 2.31 bits per heavy atom. The van der Waals surface area contributed by atoms with Crippen LogP contribution in [-0.2, 0) is 7.05 Å². The number of ether oxygens (including phenoxy) is 1. The molecule has 0 fully saturated rings. The number of benzene rings is 1. The average molecular weight is 281 g/mol. The van der Waals surface area contributed by atoms with Gasteiger partial charge in [0, 0.05) is 17.7 Å². The van der Waals surface area contributed by atoms with Gasteiger partial charge in [-0.15, -0.1) is 0 Å². The molecule has 0 spiro atoms. The molecule has 82 valence electrons. The summed E-state index contributed by atoms with van der Waals surface area (Å²) in [5.74, 6) is 0.0921. The van der Waals surface area contributed by atoms with E-state index in [4.69, 9.17) is 4.74 Å². The number of rotatable bonds is 2.